The fourth-order valence-electron chi connectivity index (χ4n) is 3.42. The Labute approximate surface area is 234 Å². The average Bonchev–Trinajstić information content (AvgIpc) is 2.95. The van der Waals surface area contributed by atoms with Gasteiger partial charge in [0.1, 0.15) is 5.70 Å². The SMILES string of the molecule is O=C(Nc1ccc(SCC(=O)c2ccccc2)cc1)/C(=C/c1cccc(Cl)c1Cl)NC(=O)c1ccccc1. The lowest BCUT2D eigenvalue weighted by Crippen LogP contribution is -2.30. The van der Waals surface area contributed by atoms with Crippen LogP contribution in [-0.2, 0) is 4.79 Å². The Morgan fingerprint density at radius 2 is 1.37 bits per heavy atom. The highest BCUT2D eigenvalue weighted by Gasteiger charge is 2.16. The van der Waals surface area contributed by atoms with E-state index in [2.05, 4.69) is 10.6 Å². The molecule has 0 heterocycles. The molecule has 0 spiro atoms. The van der Waals surface area contributed by atoms with E-state index in [1.165, 1.54) is 17.8 Å². The van der Waals surface area contributed by atoms with Gasteiger partial charge in [-0.3, -0.25) is 14.4 Å². The molecule has 0 aliphatic carbocycles. The summed E-state index contributed by atoms with van der Waals surface area (Å²) in [6, 6.07) is 29.8. The van der Waals surface area contributed by atoms with Gasteiger partial charge in [-0.1, -0.05) is 83.9 Å². The van der Waals surface area contributed by atoms with Crippen molar-refractivity contribution in [2.75, 3.05) is 11.1 Å². The summed E-state index contributed by atoms with van der Waals surface area (Å²) in [6.07, 6.45) is 1.48. The molecule has 8 heteroatoms. The summed E-state index contributed by atoms with van der Waals surface area (Å²) in [4.78, 5) is 39.3. The topological polar surface area (TPSA) is 75.3 Å². The molecule has 2 N–H and O–H groups in total. The second kappa shape index (κ2) is 13.1. The van der Waals surface area contributed by atoms with Crippen molar-refractivity contribution in [3.05, 3.63) is 136 Å². The minimum atomic E-state index is -0.537. The molecular formula is C30H22Cl2N2O3S. The molecule has 38 heavy (non-hydrogen) atoms. The molecule has 4 aromatic carbocycles. The molecule has 0 radical (unpaired) electrons. The highest BCUT2D eigenvalue weighted by atomic mass is 35.5. The molecule has 0 aliphatic rings. The maximum absolute atomic E-state index is 13.2. The molecule has 0 atom stereocenters. The second-order valence-electron chi connectivity index (χ2n) is 8.08. The maximum atomic E-state index is 13.2. The van der Waals surface area contributed by atoms with Gasteiger partial charge in [0.15, 0.2) is 5.78 Å². The summed E-state index contributed by atoms with van der Waals surface area (Å²) >= 11 is 13.9. The monoisotopic (exact) mass is 560 g/mol. The highest BCUT2D eigenvalue weighted by Crippen LogP contribution is 2.27. The van der Waals surface area contributed by atoms with Crippen molar-refractivity contribution in [1.82, 2.24) is 5.32 Å². The molecule has 0 aliphatic heterocycles. The number of benzene rings is 4. The molecule has 0 bridgehead atoms. The summed E-state index contributed by atoms with van der Waals surface area (Å²) in [5, 5.41) is 6.06. The lowest BCUT2D eigenvalue weighted by Gasteiger charge is -2.12. The van der Waals surface area contributed by atoms with Gasteiger partial charge in [0, 0.05) is 21.7 Å². The number of carbonyl (C=O) groups is 3. The number of hydrogen-bond acceptors (Lipinski definition) is 4. The Morgan fingerprint density at radius 3 is 2.03 bits per heavy atom. The summed E-state index contributed by atoms with van der Waals surface area (Å²) in [7, 11) is 0. The number of thioether (sulfide) groups is 1. The van der Waals surface area contributed by atoms with Crippen LogP contribution in [0.2, 0.25) is 10.0 Å². The van der Waals surface area contributed by atoms with Crippen molar-refractivity contribution in [3.8, 4) is 0 Å². The first-order valence-corrected chi connectivity index (χ1v) is 13.3. The van der Waals surface area contributed by atoms with Gasteiger partial charge in [0.2, 0.25) is 0 Å². The molecule has 190 valence electrons. The van der Waals surface area contributed by atoms with E-state index in [9.17, 15) is 14.4 Å². The van der Waals surface area contributed by atoms with Crippen LogP contribution in [0.5, 0.6) is 0 Å². The largest absolute Gasteiger partial charge is 0.321 e. The number of carbonyl (C=O) groups excluding carboxylic acids is 3. The third kappa shape index (κ3) is 7.35. The Kier molecular flexibility index (Phi) is 9.38. The Bertz CT molecular complexity index is 1470. The summed E-state index contributed by atoms with van der Waals surface area (Å²) < 4.78 is 0. The van der Waals surface area contributed by atoms with Gasteiger partial charge >= 0.3 is 0 Å². The lowest BCUT2D eigenvalue weighted by molar-refractivity contribution is -0.113. The second-order valence-corrected chi connectivity index (χ2v) is 9.91. The molecule has 0 saturated carbocycles. The van der Waals surface area contributed by atoms with Gasteiger partial charge in [-0.25, -0.2) is 0 Å². The van der Waals surface area contributed by atoms with Crippen molar-refractivity contribution in [1.29, 1.82) is 0 Å². The van der Waals surface area contributed by atoms with Crippen LogP contribution >= 0.6 is 35.0 Å². The normalized spacial score (nSPS) is 11.1. The molecule has 0 saturated heterocycles. The van der Waals surface area contributed by atoms with E-state index in [-0.39, 0.29) is 16.5 Å². The number of amides is 2. The number of hydrogen-bond donors (Lipinski definition) is 2. The van der Waals surface area contributed by atoms with Crippen LogP contribution in [0.25, 0.3) is 6.08 Å². The smallest absolute Gasteiger partial charge is 0.272 e. The van der Waals surface area contributed by atoms with Crippen molar-refractivity contribution in [2.24, 2.45) is 0 Å². The summed E-state index contributed by atoms with van der Waals surface area (Å²) in [6.45, 7) is 0. The first kappa shape index (κ1) is 27.2. The third-order valence-electron chi connectivity index (χ3n) is 5.39. The third-order valence-corrected chi connectivity index (χ3v) is 7.23. The van der Waals surface area contributed by atoms with Gasteiger partial charge in [0.25, 0.3) is 11.8 Å². The zero-order chi connectivity index (χ0) is 26.9. The number of Topliss-reactive ketones (excluding diaryl/α,β-unsaturated/α-hetero) is 1. The van der Waals surface area contributed by atoms with E-state index >= 15 is 0 Å². The highest BCUT2D eigenvalue weighted by molar-refractivity contribution is 8.00. The lowest BCUT2D eigenvalue weighted by atomic mass is 10.1. The van der Waals surface area contributed by atoms with Crippen molar-refractivity contribution < 1.29 is 14.4 Å². The number of ketones is 1. The van der Waals surface area contributed by atoms with Gasteiger partial charge in [-0.2, -0.15) is 0 Å². The molecule has 0 unspecified atom stereocenters. The van der Waals surface area contributed by atoms with Gasteiger partial charge in [-0.05, 0) is 54.1 Å². The van der Waals surface area contributed by atoms with E-state index < -0.39 is 11.8 Å². The van der Waals surface area contributed by atoms with Crippen LogP contribution in [0.1, 0.15) is 26.3 Å². The predicted molar refractivity (Wildman–Crippen MR) is 155 cm³/mol. The number of nitrogens with one attached hydrogen (secondary N) is 2. The molecule has 0 fully saturated rings. The van der Waals surface area contributed by atoms with Gasteiger partial charge in [-0.15, -0.1) is 11.8 Å². The van der Waals surface area contributed by atoms with Crippen molar-refractivity contribution in [2.45, 2.75) is 4.90 Å². The first-order valence-electron chi connectivity index (χ1n) is 11.6. The van der Waals surface area contributed by atoms with Crippen LogP contribution in [0.3, 0.4) is 0 Å². The van der Waals surface area contributed by atoms with Crippen LogP contribution in [-0.4, -0.2) is 23.4 Å². The van der Waals surface area contributed by atoms with Gasteiger partial charge in [0.05, 0.1) is 15.8 Å². The van der Waals surface area contributed by atoms with E-state index in [0.29, 0.717) is 33.2 Å². The number of rotatable bonds is 9. The molecular weight excluding hydrogens is 539 g/mol. The van der Waals surface area contributed by atoms with Crippen molar-refractivity contribution >= 4 is 64.3 Å². The number of halogens is 2. The Hall–Kier alpha value is -3.84. The Balaban J connectivity index is 1.48. The van der Waals surface area contributed by atoms with E-state index in [0.717, 1.165) is 4.90 Å². The average molecular weight is 561 g/mol. The fourth-order valence-corrected chi connectivity index (χ4v) is 4.57. The zero-order valence-corrected chi connectivity index (χ0v) is 22.3. The molecule has 4 aromatic rings. The molecule has 0 aromatic heterocycles. The molecule has 5 nitrogen and oxygen atoms in total. The summed E-state index contributed by atoms with van der Waals surface area (Å²) in [5.41, 5.74) is 2.06. The molecule has 2 amide bonds. The van der Waals surface area contributed by atoms with Crippen LogP contribution in [0.4, 0.5) is 5.69 Å². The molecule has 4 rings (SSSR count). The maximum Gasteiger partial charge on any atom is 0.272 e. The van der Waals surface area contributed by atoms with Gasteiger partial charge < -0.3 is 10.6 Å². The standard InChI is InChI=1S/C30H22Cl2N2O3S/c31-25-13-7-12-22(28(25)32)18-26(34-29(36)21-10-5-2-6-11-21)30(37)33-23-14-16-24(17-15-23)38-19-27(35)20-8-3-1-4-9-20/h1-18H,19H2,(H,33,37)(H,34,36)/b26-18-. The minimum Gasteiger partial charge on any atom is -0.321 e. The van der Waals surface area contributed by atoms with Crippen LogP contribution < -0.4 is 10.6 Å². The van der Waals surface area contributed by atoms with E-state index in [1.807, 2.05) is 30.3 Å². The Morgan fingerprint density at radius 1 is 0.737 bits per heavy atom. The fraction of sp³-hybridized carbons (Fsp3) is 0.0333. The van der Waals surface area contributed by atoms with E-state index in [4.69, 9.17) is 23.2 Å². The first-order chi connectivity index (χ1) is 18.4. The predicted octanol–water partition coefficient (Wildman–Crippen LogP) is 7.38. The summed E-state index contributed by atoms with van der Waals surface area (Å²) in [5.74, 6) is -0.643. The van der Waals surface area contributed by atoms with Crippen LogP contribution in [0.15, 0.2) is 114 Å². The van der Waals surface area contributed by atoms with Crippen LogP contribution in [0, 0.1) is 0 Å². The minimum absolute atomic E-state index is 0.00470. The number of anilines is 1. The van der Waals surface area contributed by atoms with E-state index in [1.54, 1.807) is 72.8 Å². The zero-order valence-electron chi connectivity index (χ0n) is 20.0. The van der Waals surface area contributed by atoms with Crippen molar-refractivity contribution in [3.63, 3.8) is 0 Å². The quantitative estimate of drug-likeness (QED) is 0.127.